The number of carbonyl (C=O) groups excluding carboxylic acids is 1. The van der Waals surface area contributed by atoms with Crippen LogP contribution in [0, 0.1) is 0 Å². The maximum Gasteiger partial charge on any atom is 0.573 e. The van der Waals surface area contributed by atoms with Crippen molar-refractivity contribution >= 4 is 11.6 Å². The molecule has 0 fully saturated rings. The molecule has 0 saturated heterocycles. The van der Waals surface area contributed by atoms with Crippen LogP contribution in [0.2, 0.25) is 0 Å². The Hall–Kier alpha value is -3.49. The fourth-order valence-corrected chi connectivity index (χ4v) is 2.82. The predicted molar refractivity (Wildman–Crippen MR) is 103 cm³/mol. The molecule has 152 valence electrons. The number of aromatic amines is 1. The second kappa shape index (κ2) is 8.26. The number of hydrogen-bond acceptors (Lipinski definition) is 4. The van der Waals surface area contributed by atoms with Gasteiger partial charge in [-0.15, -0.1) is 13.2 Å². The van der Waals surface area contributed by atoms with E-state index < -0.39 is 18.0 Å². The van der Waals surface area contributed by atoms with Crippen LogP contribution >= 0.6 is 0 Å². The van der Waals surface area contributed by atoms with Crippen LogP contribution in [-0.2, 0) is 6.54 Å². The minimum Gasteiger partial charge on any atom is -0.405 e. The molecule has 0 bridgehead atoms. The van der Waals surface area contributed by atoms with Gasteiger partial charge in [-0.25, -0.2) is 0 Å². The molecule has 1 aromatic heterocycles. The molecular formula is C20H19F3N4O2. The number of H-pyrrole nitrogens is 1. The van der Waals surface area contributed by atoms with Crippen molar-refractivity contribution in [3.05, 3.63) is 65.9 Å². The van der Waals surface area contributed by atoms with E-state index in [1.807, 2.05) is 43.3 Å². The van der Waals surface area contributed by atoms with E-state index in [2.05, 4.69) is 20.3 Å². The molecule has 1 heterocycles. The standard InChI is InChI=1S/C20H19F3N4O2/c1-27(2)17-9-5-3-7-14(17)16-11-13(25-26-16)12-24-19(28)15-8-4-6-10-18(15)29-20(21,22)23/h3-11H,12H2,1-2H3,(H,24,28)(H,25,26). The zero-order valence-corrected chi connectivity index (χ0v) is 15.7. The van der Waals surface area contributed by atoms with Crippen molar-refractivity contribution in [2.45, 2.75) is 12.9 Å². The predicted octanol–water partition coefficient (Wildman–Crippen LogP) is 3.97. The number of nitrogens with one attached hydrogen (secondary N) is 2. The van der Waals surface area contributed by atoms with Crippen molar-refractivity contribution in [2.75, 3.05) is 19.0 Å². The van der Waals surface area contributed by atoms with Crippen LogP contribution in [-0.4, -0.2) is 36.6 Å². The summed E-state index contributed by atoms with van der Waals surface area (Å²) < 4.78 is 41.5. The third-order valence-electron chi connectivity index (χ3n) is 4.09. The van der Waals surface area contributed by atoms with Gasteiger partial charge in [0.05, 0.1) is 23.5 Å². The summed E-state index contributed by atoms with van der Waals surface area (Å²) in [6, 6.07) is 14.7. The maximum absolute atomic E-state index is 12.5. The lowest BCUT2D eigenvalue weighted by Crippen LogP contribution is -2.25. The third kappa shape index (κ3) is 5.07. The van der Waals surface area contributed by atoms with E-state index in [4.69, 9.17) is 0 Å². The normalized spacial score (nSPS) is 11.2. The molecule has 3 rings (SSSR count). The molecule has 0 radical (unpaired) electrons. The van der Waals surface area contributed by atoms with Gasteiger partial charge < -0.3 is 15.0 Å². The van der Waals surface area contributed by atoms with Gasteiger partial charge in [-0.2, -0.15) is 5.10 Å². The van der Waals surface area contributed by atoms with Crippen molar-refractivity contribution in [3.63, 3.8) is 0 Å². The first-order chi connectivity index (χ1) is 13.7. The summed E-state index contributed by atoms with van der Waals surface area (Å²) in [6.07, 6.45) is -4.88. The second-order valence-corrected chi connectivity index (χ2v) is 6.41. The van der Waals surface area contributed by atoms with E-state index in [0.29, 0.717) is 5.69 Å². The number of carbonyl (C=O) groups is 1. The van der Waals surface area contributed by atoms with E-state index in [1.54, 1.807) is 6.07 Å². The number of rotatable bonds is 6. The Balaban J connectivity index is 1.72. The lowest BCUT2D eigenvalue weighted by Gasteiger charge is -2.16. The number of amides is 1. The number of benzene rings is 2. The highest BCUT2D eigenvalue weighted by Crippen LogP contribution is 2.29. The first kappa shape index (κ1) is 20.2. The molecule has 3 aromatic rings. The second-order valence-electron chi connectivity index (χ2n) is 6.41. The van der Waals surface area contributed by atoms with Gasteiger partial charge in [0.25, 0.3) is 5.91 Å². The fourth-order valence-electron chi connectivity index (χ4n) is 2.82. The van der Waals surface area contributed by atoms with Gasteiger partial charge in [-0.1, -0.05) is 30.3 Å². The maximum atomic E-state index is 12.5. The number of hydrogen-bond donors (Lipinski definition) is 2. The Bertz CT molecular complexity index is 999. The third-order valence-corrected chi connectivity index (χ3v) is 4.09. The molecule has 2 aromatic carbocycles. The van der Waals surface area contributed by atoms with E-state index in [-0.39, 0.29) is 12.1 Å². The van der Waals surface area contributed by atoms with E-state index >= 15 is 0 Å². The Morgan fingerprint density at radius 1 is 1.14 bits per heavy atom. The number of aromatic nitrogens is 2. The molecule has 0 aliphatic heterocycles. The van der Waals surface area contributed by atoms with Crippen LogP contribution in [0.4, 0.5) is 18.9 Å². The number of nitrogens with zero attached hydrogens (tertiary/aromatic N) is 2. The van der Waals surface area contributed by atoms with Gasteiger partial charge in [0, 0.05) is 25.3 Å². The van der Waals surface area contributed by atoms with Gasteiger partial charge >= 0.3 is 6.36 Å². The van der Waals surface area contributed by atoms with Crippen molar-refractivity contribution in [2.24, 2.45) is 0 Å². The summed E-state index contributed by atoms with van der Waals surface area (Å²) in [5, 5.41) is 9.66. The van der Waals surface area contributed by atoms with Crippen molar-refractivity contribution in [3.8, 4) is 17.0 Å². The monoisotopic (exact) mass is 404 g/mol. The lowest BCUT2D eigenvalue weighted by molar-refractivity contribution is -0.274. The summed E-state index contributed by atoms with van der Waals surface area (Å²) in [6.45, 7) is 0.0415. The zero-order chi connectivity index (χ0) is 21.0. The van der Waals surface area contributed by atoms with E-state index in [0.717, 1.165) is 23.0 Å². The average molecular weight is 404 g/mol. The van der Waals surface area contributed by atoms with Crippen LogP contribution in [0.15, 0.2) is 54.6 Å². The SMILES string of the molecule is CN(C)c1ccccc1-c1cc(CNC(=O)c2ccccc2OC(F)(F)F)n[nH]1. The highest BCUT2D eigenvalue weighted by Gasteiger charge is 2.32. The van der Waals surface area contributed by atoms with Gasteiger partial charge in [-0.3, -0.25) is 9.89 Å². The fraction of sp³-hybridized carbons (Fsp3) is 0.200. The van der Waals surface area contributed by atoms with E-state index in [1.165, 1.54) is 18.2 Å². The van der Waals surface area contributed by atoms with Crippen LogP contribution in [0.25, 0.3) is 11.3 Å². The first-order valence-electron chi connectivity index (χ1n) is 8.68. The summed E-state index contributed by atoms with van der Waals surface area (Å²) in [5.74, 6) is -1.25. The number of halogens is 3. The van der Waals surface area contributed by atoms with Gasteiger partial charge in [-0.05, 0) is 24.3 Å². The number of anilines is 1. The first-order valence-corrected chi connectivity index (χ1v) is 8.68. The van der Waals surface area contributed by atoms with Gasteiger partial charge in [0.1, 0.15) is 5.75 Å². The summed E-state index contributed by atoms with van der Waals surface area (Å²) in [4.78, 5) is 14.3. The number of para-hydroxylation sites is 2. The van der Waals surface area contributed by atoms with Crippen molar-refractivity contribution < 1.29 is 22.7 Å². The summed E-state index contributed by atoms with van der Waals surface area (Å²) >= 11 is 0. The van der Waals surface area contributed by atoms with Crippen LogP contribution < -0.4 is 15.0 Å². The van der Waals surface area contributed by atoms with Gasteiger partial charge in [0.15, 0.2) is 0 Å². The molecule has 0 spiro atoms. The molecule has 6 nitrogen and oxygen atoms in total. The zero-order valence-electron chi connectivity index (χ0n) is 15.7. The van der Waals surface area contributed by atoms with Crippen molar-refractivity contribution in [1.82, 2.24) is 15.5 Å². The largest absolute Gasteiger partial charge is 0.573 e. The molecule has 9 heteroatoms. The molecule has 1 amide bonds. The topological polar surface area (TPSA) is 70.2 Å². The Labute approximate surface area is 165 Å². The molecule has 2 N–H and O–H groups in total. The quantitative estimate of drug-likeness (QED) is 0.652. The molecular weight excluding hydrogens is 385 g/mol. The van der Waals surface area contributed by atoms with Crippen LogP contribution in [0.5, 0.6) is 5.75 Å². The van der Waals surface area contributed by atoms with Gasteiger partial charge in [0.2, 0.25) is 0 Å². The number of ether oxygens (including phenoxy) is 1. The van der Waals surface area contributed by atoms with E-state index in [9.17, 15) is 18.0 Å². The highest BCUT2D eigenvalue weighted by atomic mass is 19.4. The molecule has 0 atom stereocenters. The average Bonchev–Trinajstić information content (AvgIpc) is 3.14. The Morgan fingerprint density at radius 3 is 2.55 bits per heavy atom. The molecule has 0 aliphatic carbocycles. The molecule has 0 saturated carbocycles. The molecule has 0 aliphatic rings. The summed E-state index contributed by atoms with van der Waals surface area (Å²) in [5.41, 5.74) is 3.02. The van der Waals surface area contributed by atoms with Crippen molar-refractivity contribution in [1.29, 1.82) is 0 Å². The highest BCUT2D eigenvalue weighted by molar-refractivity contribution is 5.96. The number of alkyl halides is 3. The summed E-state index contributed by atoms with van der Waals surface area (Å²) in [7, 11) is 3.85. The minimum absolute atomic E-state index is 0.0415. The smallest absolute Gasteiger partial charge is 0.405 e. The lowest BCUT2D eigenvalue weighted by atomic mass is 10.1. The molecule has 0 unspecified atom stereocenters. The minimum atomic E-state index is -4.88. The Kier molecular flexibility index (Phi) is 5.76. The van der Waals surface area contributed by atoms with Crippen LogP contribution in [0.3, 0.4) is 0 Å². The Morgan fingerprint density at radius 2 is 1.83 bits per heavy atom. The van der Waals surface area contributed by atoms with Crippen LogP contribution in [0.1, 0.15) is 16.1 Å². The molecule has 29 heavy (non-hydrogen) atoms.